The zero-order valence-corrected chi connectivity index (χ0v) is 5.20. The van der Waals surface area contributed by atoms with Crippen LogP contribution in [0, 0.1) is 39.9 Å². The smallest absolute Gasteiger partial charge is 0.196 e. The Bertz CT molecular complexity index is 134. The molecule has 43 valence electrons. The van der Waals surface area contributed by atoms with Crippen LogP contribution in [-0.2, 0) is 22.4 Å². The van der Waals surface area contributed by atoms with Crippen LogP contribution in [0.3, 0.4) is 0 Å². The first kappa shape index (κ1) is 10.2. The zero-order chi connectivity index (χ0) is 5.70. The molecule has 0 fully saturated rings. The van der Waals surface area contributed by atoms with E-state index >= 15 is 0 Å². The summed E-state index contributed by atoms with van der Waals surface area (Å²) in [5.74, 6) is -1.10. The molecule has 3 nitrogen and oxygen atoms in total. The van der Waals surface area contributed by atoms with Gasteiger partial charge >= 0.3 is 0 Å². The molecule has 1 radical (unpaired) electrons. The van der Waals surface area contributed by atoms with Gasteiger partial charge in [-0.1, -0.05) is 0 Å². The van der Waals surface area contributed by atoms with Gasteiger partial charge < -0.3 is 0 Å². The van der Waals surface area contributed by atoms with Gasteiger partial charge in [0.15, 0.2) is 0 Å². The maximum Gasteiger partial charge on any atom is 0.218 e. The van der Waals surface area contributed by atoms with Crippen LogP contribution in [0.15, 0.2) is 0 Å². The largest absolute Gasteiger partial charge is 0.218 e. The molecule has 0 heterocycles. The number of nitrogens with zero attached hydrogens (tertiary/aromatic N) is 3. The summed E-state index contributed by atoms with van der Waals surface area (Å²) >= 11 is 0. The fourth-order valence-corrected chi connectivity index (χ4v) is 0.0866. The summed E-state index contributed by atoms with van der Waals surface area (Å²) in [5.41, 5.74) is 0. The summed E-state index contributed by atoms with van der Waals surface area (Å²) in [6, 6.07) is 4.44. The van der Waals surface area contributed by atoms with E-state index in [1.165, 1.54) is 18.2 Å². The van der Waals surface area contributed by atoms with Crippen LogP contribution in [-0.4, -0.2) is 0 Å². The molecule has 0 aliphatic rings. The number of rotatable bonds is 0. The molecule has 4 heteroatoms. The Balaban J connectivity index is 0. The van der Waals surface area contributed by atoms with Gasteiger partial charge in [-0.25, -0.2) is 0 Å². The molecular formula is C4HAgN3. The van der Waals surface area contributed by atoms with Gasteiger partial charge in [-0.15, -0.1) is 0 Å². The van der Waals surface area contributed by atoms with Crippen molar-refractivity contribution in [2.45, 2.75) is 0 Å². The molecule has 0 saturated heterocycles. The second-order valence-electron chi connectivity index (χ2n) is 0.820. The van der Waals surface area contributed by atoms with Crippen LogP contribution in [0.4, 0.5) is 0 Å². The molecule has 0 saturated carbocycles. The van der Waals surface area contributed by atoms with Gasteiger partial charge in [0.05, 0.1) is 18.2 Å². The molecule has 0 aromatic heterocycles. The van der Waals surface area contributed by atoms with Gasteiger partial charge in [-0.05, 0) is 0 Å². The van der Waals surface area contributed by atoms with E-state index in [4.69, 9.17) is 15.8 Å². The van der Waals surface area contributed by atoms with Crippen LogP contribution in [0.25, 0.3) is 0 Å². The van der Waals surface area contributed by atoms with Crippen molar-refractivity contribution < 1.29 is 22.4 Å². The minimum absolute atomic E-state index is 0. The maximum atomic E-state index is 7.83. The monoisotopic (exact) mass is 198 g/mol. The molecule has 0 atom stereocenters. The summed E-state index contributed by atoms with van der Waals surface area (Å²) in [6.45, 7) is 0. The quantitative estimate of drug-likeness (QED) is 0.522. The summed E-state index contributed by atoms with van der Waals surface area (Å²) in [5, 5.41) is 23.5. The van der Waals surface area contributed by atoms with Gasteiger partial charge in [0.1, 0.15) is 0 Å². The van der Waals surface area contributed by atoms with Crippen LogP contribution >= 0.6 is 0 Å². The number of nitriles is 3. The average Bonchev–Trinajstić information content (AvgIpc) is 1.72. The van der Waals surface area contributed by atoms with E-state index in [1.54, 1.807) is 0 Å². The first-order valence-corrected chi connectivity index (χ1v) is 1.54. The van der Waals surface area contributed by atoms with Crippen molar-refractivity contribution in [2.24, 2.45) is 5.92 Å². The average molecular weight is 199 g/mol. The van der Waals surface area contributed by atoms with Gasteiger partial charge in [0.25, 0.3) is 0 Å². The topological polar surface area (TPSA) is 71.4 Å². The van der Waals surface area contributed by atoms with E-state index in [9.17, 15) is 0 Å². The molecule has 8 heavy (non-hydrogen) atoms. The summed E-state index contributed by atoms with van der Waals surface area (Å²) in [4.78, 5) is 0. The summed E-state index contributed by atoms with van der Waals surface area (Å²) < 4.78 is 0. The molecule has 0 N–H and O–H groups in total. The van der Waals surface area contributed by atoms with E-state index in [0.29, 0.717) is 0 Å². The second kappa shape index (κ2) is 6.21. The van der Waals surface area contributed by atoms with Crippen molar-refractivity contribution >= 4 is 0 Å². The van der Waals surface area contributed by atoms with Crippen molar-refractivity contribution in [1.82, 2.24) is 0 Å². The van der Waals surface area contributed by atoms with Crippen LogP contribution in [0.2, 0.25) is 0 Å². The minimum atomic E-state index is -1.10. The first-order valence-electron chi connectivity index (χ1n) is 1.54. The Labute approximate surface area is 62.6 Å². The molecule has 0 amide bonds. The zero-order valence-electron chi connectivity index (χ0n) is 3.72. The molecule has 0 spiro atoms. The Morgan fingerprint density at radius 2 is 1.12 bits per heavy atom. The fourth-order valence-electron chi connectivity index (χ4n) is 0.0866. The number of hydrogen-bond acceptors (Lipinski definition) is 3. The van der Waals surface area contributed by atoms with E-state index in [0.717, 1.165) is 0 Å². The van der Waals surface area contributed by atoms with Crippen LogP contribution in [0.5, 0.6) is 0 Å². The predicted molar refractivity (Wildman–Crippen MR) is 20.3 cm³/mol. The fraction of sp³-hybridized carbons (Fsp3) is 0.250. The van der Waals surface area contributed by atoms with Crippen molar-refractivity contribution in [3.8, 4) is 18.2 Å². The van der Waals surface area contributed by atoms with E-state index in [2.05, 4.69) is 0 Å². The first-order chi connectivity index (χ1) is 3.35. The molecule has 0 aliphatic heterocycles. The summed E-state index contributed by atoms with van der Waals surface area (Å²) in [6.07, 6.45) is 0. The van der Waals surface area contributed by atoms with Gasteiger partial charge in [0, 0.05) is 22.4 Å². The molecule has 0 aromatic carbocycles. The molecule has 0 unspecified atom stereocenters. The SMILES string of the molecule is N#CC(C#N)C#N.[Ag]. The van der Waals surface area contributed by atoms with E-state index < -0.39 is 5.92 Å². The van der Waals surface area contributed by atoms with Gasteiger partial charge in [-0.2, -0.15) is 15.8 Å². The molecule has 0 aliphatic carbocycles. The van der Waals surface area contributed by atoms with Crippen molar-refractivity contribution in [3.63, 3.8) is 0 Å². The van der Waals surface area contributed by atoms with Gasteiger partial charge in [-0.3, -0.25) is 0 Å². The molecule has 0 aromatic rings. The number of hydrogen-bond donors (Lipinski definition) is 0. The third-order valence-corrected chi connectivity index (χ3v) is 0.387. The second-order valence-corrected chi connectivity index (χ2v) is 0.820. The summed E-state index contributed by atoms with van der Waals surface area (Å²) in [7, 11) is 0. The van der Waals surface area contributed by atoms with Crippen LogP contribution < -0.4 is 0 Å². The van der Waals surface area contributed by atoms with Crippen molar-refractivity contribution in [1.29, 1.82) is 15.8 Å². The van der Waals surface area contributed by atoms with Crippen molar-refractivity contribution in [2.75, 3.05) is 0 Å². The minimum Gasteiger partial charge on any atom is -0.196 e. The van der Waals surface area contributed by atoms with Crippen LogP contribution in [0.1, 0.15) is 0 Å². The van der Waals surface area contributed by atoms with Crippen molar-refractivity contribution in [3.05, 3.63) is 0 Å². The standard InChI is InChI=1S/C4HN3.Ag/c5-1-4(2-6)3-7;/h4H;. The Kier molecular flexibility index (Phi) is 7.95. The molecular weight excluding hydrogens is 198 g/mol. The molecule has 0 rings (SSSR count). The Morgan fingerprint density at radius 3 is 1.12 bits per heavy atom. The molecule has 0 bridgehead atoms. The Hall–Kier alpha value is -0.790. The maximum absolute atomic E-state index is 7.83. The normalized spacial score (nSPS) is 5.25. The third kappa shape index (κ3) is 3.40. The van der Waals surface area contributed by atoms with E-state index in [1.807, 2.05) is 0 Å². The van der Waals surface area contributed by atoms with E-state index in [-0.39, 0.29) is 22.4 Å². The Morgan fingerprint density at radius 1 is 0.875 bits per heavy atom. The van der Waals surface area contributed by atoms with Gasteiger partial charge in [0.2, 0.25) is 5.92 Å². The third-order valence-electron chi connectivity index (χ3n) is 0.387. The predicted octanol–water partition coefficient (Wildman–Crippen LogP) is 0.171.